The first-order chi connectivity index (χ1) is 25.0. The first-order valence-electron chi connectivity index (χ1n) is 17.1. The summed E-state index contributed by atoms with van der Waals surface area (Å²) < 4.78 is 2.37. The Labute approximate surface area is 297 Å². The van der Waals surface area contributed by atoms with Gasteiger partial charge in [0.2, 0.25) is 0 Å². The van der Waals surface area contributed by atoms with Gasteiger partial charge in [0.1, 0.15) is 12.1 Å². The fourth-order valence-electron chi connectivity index (χ4n) is 8.04. The van der Waals surface area contributed by atoms with E-state index in [1.807, 2.05) is 24.3 Å². The molecule has 4 nitrogen and oxygen atoms in total. The summed E-state index contributed by atoms with van der Waals surface area (Å²) >= 11 is 0. The van der Waals surface area contributed by atoms with Gasteiger partial charge >= 0.3 is 0 Å². The lowest BCUT2D eigenvalue weighted by Gasteiger charge is -2.42. The molecule has 2 heterocycles. The van der Waals surface area contributed by atoms with Crippen LogP contribution in [-0.2, 0) is 5.41 Å². The molecule has 8 aromatic rings. The minimum Gasteiger partial charge on any atom is -0.310 e. The minimum absolute atomic E-state index is 0.179. The molecule has 240 valence electrons. The number of nitriles is 2. The molecule has 0 amide bonds. The predicted octanol–water partition coefficient (Wildman–Crippen LogP) is 12.0. The number of benzene rings is 7. The molecule has 0 unspecified atom stereocenters. The second-order valence-electron chi connectivity index (χ2n) is 13.6. The van der Waals surface area contributed by atoms with E-state index in [0.29, 0.717) is 11.1 Å². The molecule has 0 bridgehead atoms. The second-order valence-corrected chi connectivity index (χ2v) is 13.6. The van der Waals surface area contributed by atoms with Crippen LogP contribution in [0.25, 0.3) is 49.7 Å². The van der Waals surface area contributed by atoms with Crippen LogP contribution in [0.15, 0.2) is 158 Å². The number of nitrogens with zero attached hydrogens (tertiary/aromatic N) is 4. The third-order valence-corrected chi connectivity index (χ3v) is 10.4. The average molecular weight is 653 g/mol. The highest BCUT2D eigenvalue weighted by atomic mass is 15.2. The minimum atomic E-state index is -0.179. The lowest BCUT2D eigenvalue weighted by atomic mass is 9.73. The Kier molecular flexibility index (Phi) is 6.88. The van der Waals surface area contributed by atoms with Gasteiger partial charge in [-0.2, -0.15) is 10.5 Å². The van der Waals surface area contributed by atoms with E-state index in [9.17, 15) is 10.5 Å². The number of rotatable bonds is 4. The maximum Gasteiger partial charge on any atom is 0.101 e. The maximum atomic E-state index is 10.1. The largest absolute Gasteiger partial charge is 0.310 e. The standard InChI is InChI=1S/C47H32N4/c1-47(2)41-19-5-9-23-45(41)51(46-24-10-6-20-42(46)47)36-27-34(31-13-11-14-32(25-31)37-18-12-15-33(29-48)40(37)30-49)26-35(28-36)50-43-21-7-3-16-38(43)39-17-4-8-22-44(39)50/h3-28H,1-2H3. The van der Waals surface area contributed by atoms with Crippen molar-refractivity contribution in [1.29, 1.82) is 10.5 Å². The molecule has 0 fully saturated rings. The van der Waals surface area contributed by atoms with Crippen molar-refractivity contribution in [3.63, 3.8) is 0 Å². The fourth-order valence-corrected chi connectivity index (χ4v) is 8.04. The highest BCUT2D eigenvalue weighted by molar-refractivity contribution is 6.09. The van der Waals surface area contributed by atoms with Gasteiger partial charge in [0, 0.05) is 33.1 Å². The van der Waals surface area contributed by atoms with Gasteiger partial charge in [-0.1, -0.05) is 117 Å². The Balaban J connectivity index is 1.34. The maximum absolute atomic E-state index is 10.1. The van der Waals surface area contributed by atoms with Crippen molar-refractivity contribution in [2.45, 2.75) is 19.3 Å². The molecular formula is C47H32N4. The van der Waals surface area contributed by atoms with Crippen LogP contribution >= 0.6 is 0 Å². The van der Waals surface area contributed by atoms with E-state index in [1.165, 1.54) is 21.9 Å². The fraction of sp³-hybridized carbons (Fsp3) is 0.0638. The average Bonchev–Trinajstić information content (AvgIpc) is 3.52. The van der Waals surface area contributed by atoms with Gasteiger partial charge in [0.15, 0.2) is 0 Å². The molecule has 1 aromatic heterocycles. The Morgan fingerprint density at radius 1 is 0.490 bits per heavy atom. The van der Waals surface area contributed by atoms with E-state index in [2.05, 4.69) is 163 Å². The first-order valence-corrected chi connectivity index (χ1v) is 17.1. The van der Waals surface area contributed by atoms with Crippen LogP contribution in [0.2, 0.25) is 0 Å². The van der Waals surface area contributed by atoms with Crippen molar-refractivity contribution in [2.75, 3.05) is 4.90 Å². The van der Waals surface area contributed by atoms with E-state index in [-0.39, 0.29) is 5.41 Å². The lowest BCUT2D eigenvalue weighted by molar-refractivity contribution is 0.632. The van der Waals surface area contributed by atoms with E-state index in [1.54, 1.807) is 6.07 Å². The zero-order chi connectivity index (χ0) is 34.7. The molecule has 0 spiro atoms. The van der Waals surface area contributed by atoms with Gasteiger partial charge in [-0.15, -0.1) is 0 Å². The number of para-hydroxylation sites is 4. The zero-order valence-corrected chi connectivity index (χ0v) is 28.3. The Morgan fingerprint density at radius 2 is 1.06 bits per heavy atom. The van der Waals surface area contributed by atoms with E-state index in [0.717, 1.165) is 56.0 Å². The van der Waals surface area contributed by atoms with Gasteiger partial charge in [-0.25, -0.2) is 0 Å². The van der Waals surface area contributed by atoms with Gasteiger partial charge in [0.25, 0.3) is 0 Å². The van der Waals surface area contributed by atoms with E-state index >= 15 is 0 Å². The van der Waals surface area contributed by atoms with Crippen LogP contribution in [0, 0.1) is 22.7 Å². The van der Waals surface area contributed by atoms with Crippen molar-refractivity contribution in [3.8, 4) is 40.1 Å². The Bertz CT molecular complexity index is 2670. The molecule has 0 radical (unpaired) electrons. The normalized spacial score (nSPS) is 13.0. The summed E-state index contributed by atoms with van der Waals surface area (Å²) in [6.07, 6.45) is 0. The van der Waals surface area contributed by atoms with Crippen molar-refractivity contribution >= 4 is 38.9 Å². The summed E-state index contributed by atoms with van der Waals surface area (Å²) in [6.45, 7) is 4.62. The second kappa shape index (κ2) is 11.6. The molecule has 1 aliphatic heterocycles. The molecule has 0 aliphatic carbocycles. The summed E-state index contributed by atoms with van der Waals surface area (Å²) in [6, 6.07) is 59.8. The number of fused-ring (bicyclic) bond motifs is 5. The monoisotopic (exact) mass is 652 g/mol. The van der Waals surface area contributed by atoms with Gasteiger partial charge in [-0.3, -0.25) is 0 Å². The molecule has 4 heteroatoms. The lowest BCUT2D eigenvalue weighted by Crippen LogP contribution is -2.30. The van der Waals surface area contributed by atoms with Crippen LogP contribution < -0.4 is 4.90 Å². The predicted molar refractivity (Wildman–Crippen MR) is 208 cm³/mol. The summed E-state index contributed by atoms with van der Waals surface area (Å²) in [5, 5.41) is 22.2. The smallest absolute Gasteiger partial charge is 0.101 e. The molecule has 0 saturated heterocycles. The highest BCUT2D eigenvalue weighted by Gasteiger charge is 2.36. The van der Waals surface area contributed by atoms with Crippen molar-refractivity contribution < 1.29 is 0 Å². The molecule has 9 rings (SSSR count). The SMILES string of the molecule is CC1(C)c2ccccc2N(c2cc(-c3cccc(-c4cccc(C#N)c4C#N)c3)cc(-n3c4ccccc4c4ccccc43)c2)c2ccccc21. The summed E-state index contributed by atoms with van der Waals surface area (Å²) in [5.74, 6) is 0. The van der Waals surface area contributed by atoms with Gasteiger partial charge in [-0.05, 0) is 82.4 Å². The number of aromatic nitrogens is 1. The van der Waals surface area contributed by atoms with Crippen molar-refractivity contribution in [3.05, 3.63) is 180 Å². The molecule has 1 aliphatic rings. The molecular weight excluding hydrogens is 621 g/mol. The zero-order valence-electron chi connectivity index (χ0n) is 28.3. The highest BCUT2D eigenvalue weighted by Crippen LogP contribution is 2.52. The van der Waals surface area contributed by atoms with Crippen LogP contribution in [0.4, 0.5) is 17.1 Å². The van der Waals surface area contributed by atoms with Gasteiger partial charge < -0.3 is 9.47 Å². The molecule has 0 atom stereocenters. The van der Waals surface area contributed by atoms with Gasteiger partial charge in [0.05, 0.1) is 33.5 Å². The van der Waals surface area contributed by atoms with Crippen LogP contribution in [0.3, 0.4) is 0 Å². The van der Waals surface area contributed by atoms with Crippen LogP contribution in [-0.4, -0.2) is 4.57 Å². The molecule has 0 N–H and O–H groups in total. The third-order valence-electron chi connectivity index (χ3n) is 10.4. The first kappa shape index (κ1) is 30.2. The summed E-state index contributed by atoms with van der Waals surface area (Å²) in [7, 11) is 0. The number of anilines is 3. The Hall–Kier alpha value is -6.88. The van der Waals surface area contributed by atoms with Crippen molar-refractivity contribution in [2.24, 2.45) is 0 Å². The topological polar surface area (TPSA) is 55.8 Å². The molecule has 0 saturated carbocycles. The van der Waals surface area contributed by atoms with E-state index < -0.39 is 0 Å². The number of hydrogen-bond donors (Lipinski definition) is 0. The van der Waals surface area contributed by atoms with Crippen LogP contribution in [0.5, 0.6) is 0 Å². The summed E-state index contributed by atoms with van der Waals surface area (Å²) in [5.41, 5.74) is 13.5. The van der Waals surface area contributed by atoms with E-state index in [4.69, 9.17) is 0 Å². The summed E-state index contributed by atoms with van der Waals surface area (Å²) in [4.78, 5) is 2.41. The van der Waals surface area contributed by atoms with Crippen molar-refractivity contribution in [1.82, 2.24) is 4.57 Å². The quantitative estimate of drug-likeness (QED) is 0.190. The number of hydrogen-bond acceptors (Lipinski definition) is 3. The van der Waals surface area contributed by atoms with Crippen LogP contribution in [0.1, 0.15) is 36.1 Å². The Morgan fingerprint density at radius 3 is 1.71 bits per heavy atom. The molecule has 7 aromatic carbocycles. The third kappa shape index (κ3) is 4.66. The molecule has 51 heavy (non-hydrogen) atoms.